The highest BCUT2D eigenvalue weighted by atomic mass is 16.5. The lowest BCUT2D eigenvalue weighted by Crippen LogP contribution is -2.26. The average Bonchev–Trinajstić information content (AvgIpc) is 2.94. The van der Waals surface area contributed by atoms with Crippen LogP contribution < -0.4 is 5.32 Å². The summed E-state index contributed by atoms with van der Waals surface area (Å²) >= 11 is 0. The molecule has 0 spiro atoms. The predicted molar refractivity (Wildman–Crippen MR) is 91.7 cm³/mol. The van der Waals surface area contributed by atoms with E-state index in [-0.39, 0.29) is 5.91 Å². The Kier molecular flexibility index (Phi) is 4.70. The highest BCUT2D eigenvalue weighted by Gasteiger charge is 2.15. The minimum absolute atomic E-state index is 0.181. The molecule has 0 unspecified atom stereocenters. The standard InChI is InChI=1S/C19H19N3O2/c1-13-18(14(2)24-22-13)16-9-6-10-17(21-16)19(23)20-12-11-15-7-4-3-5-8-15/h3-10H,11-12H2,1-2H3,(H,20,23). The Morgan fingerprint density at radius 2 is 1.88 bits per heavy atom. The molecule has 1 amide bonds. The molecular formula is C19H19N3O2. The molecule has 1 N–H and O–H groups in total. The number of pyridine rings is 1. The van der Waals surface area contributed by atoms with Crippen LogP contribution in [0, 0.1) is 13.8 Å². The van der Waals surface area contributed by atoms with Gasteiger partial charge in [0.1, 0.15) is 11.5 Å². The molecule has 0 bridgehead atoms. The summed E-state index contributed by atoms with van der Waals surface area (Å²) in [5.41, 5.74) is 3.88. The summed E-state index contributed by atoms with van der Waals surface area (Å²) in [7, 11) is 0. The Hall–Kier alpha value is -2.95. The number of benzene rings is 1. The minimum atomic E-state index is -0.181. The Labute approximate surface area is 140 Å². The number of nitrogens with one attached hydrogen (secondary N) is 1. The summed E-state index contributed by atoms with van der Waals surface area (Å²) in [5, 5.41) is 6.84. The molecule has 2 heterocycles. The zero-order valence-corrected chi connectivity index (χ0v) is 13.7. The van der Waals surface area contributed by atoms with E-state index < -0.39 is 0 Å². The predicted octanol–water partition coefficient (Wildman–Crippen LogP) is 3.33. The van der Waals surface area contributed by atoms with Crippen LogP contribution in [0.15, 0.2) is 53.1 Å². The van der Waals surface area contributed by atoms with Gasteiger partial charge in [-0.1, -0.05) is 41.6 Å². The van der Waals surface area contributed by atoms with Gasteiger partial charge in [-0.05, 0) is 38.0 Å². The van der Waals surface area contributed by atoms with Gasteiger partial charge in [-0.25, -0.2) is 4.98 Å². The summed E-state index contributed by atoms with van der Waals surface area (Å²) in [5.74, 6) is 0.515. The van der Waals surface area contributed by atoms with Crippen molar-refractivity contribution in [3.8, 4) is 11.3 Å². The Balaban J connectivity index is 1.68. The fourth-order valence-electron chi connectivity index (χ4n) is 2.60. The van der Waals surface area contributed by atoms with Gasteiger partial charge in [0.15, 0.2) is 0 Å². The quantitative estimate of drug-likeness (QED) is 0.782. The first-order valence-electron chi connectivity index (χ1n) is 7.87. The molecule has 5 heteroatoms. The fourth-order valence-corrected chi connectivity index (χ4v) is 2.60. The molecule has 24 heavy (non-hydrogen) atoms. The molecule has 0 aliphatic rings. The second-order valence-corrected chi connectivity index (χ2v) is 5.60. The number of hydrogen-bond acceptors (Lipinski definition) is 4. The number of amides is 1. The first-order valence-corrected chi connectivity index (χ1v) is 7.87. The minimum Gasteiger partial charge on any atom is -0.361 e. The topological polar surface area (TPSA) is 68.0 Å². The molecule has 0 radical (unpaired) electrons. The molecule has 3 aromatic rings. The van der Waals surface area contributed by atoms with Crippen molar-refractivity contribution in [3.05, 3.63) is 71.2 Å². The van der Waals surface area contributed by atoms with Gasteiger partial charge in [0.2, 0.25) is 0 Å². The maximum Gasteiger partial charge on any atom is 0.269 e. The lowest BCUT2D eigenvalue weighted by atomic mass is 10.1. The molecule has 0 saturated heterocycles. The van der Waals surface area contributed by atoms with Gasteiger partial charge in [0.05, 0.1) is 17.0 Å². The molecule has 3 rings (SSSR count). The third kappa shape index (κ3) is 3.51. The van der Waals surface area contributed by atoms with E-state index in [0.29, 0.717) is 23.7 Å². The van der Waals surface area contributed by atoms with E-state index in [9.17, 15) is 4.79 Å². The van der Waals surface area contributed by atoms with Gasteiger partial charge >= 0.3 is 0 Å². The summed E-state index contributed by atoms with van der Waals surface area (Å²) < 4.78 is 5.17. The maximum absolute atomic E-state index is 12.3. The van der Waals surface area contributed by atoms with Crippen LogP contribution >= 0.6 is 0 Å². The maximum atomic E-state index is 12.3. The zero-order valence-electron chi connectivity index (χ0n) is 13.7. The van der Waals surface area contributed by atoms with Crippen molar-refractivity contribution in [2.24, 2.45) is 0 Å². The van der Waals surface area contributed by atoms with Crippen LogP contribution in [0.1, 0.15) is 27.5 Å². The first-order chi connectivity index (χ1) is 11.6. The van der Waals surface area contributed by atoms with Crippen LogP contribution in [0.2, 0.25) is 0 Å². The van der Waals surface area contributed by atoms with E-state index >= 15 is 0 Å². The van der Waals surface area contributed by atoms with Crippen molar-refractivity contribution in [1.82, 2.24) is 15.5 Å². The van der Waals surface area contributed by atoms with Gasteiger partial charge in [-0.3, -0.25) is 4.79 Å². The number of carbonyl (C=O) groups excluding carboxylic acids is 1. The molecule has 0 aliphatic heterocycles. The highest BCUT2D eigenvalue weighted by Crippen LogP contribution is 2.24. The lowest BCUT2D eigenvalue weighted by molar-refractivity contribution is 0.0949. The van der Waals surface area contributed by atoms with Crippen molar-refractivity contribution >= 4 is 5.91 Å². The van der Waals surface area contributed by atoms with Crippen LogP contribution in [0.25, 0.3) is 11.3 Å². The Bertz CT molecular complexity index is 821. The number of nitrogens with zero attached hydrogens (tertiary/aromatic N) is 2. The molecule has 0 fully saturated rings. The summed E-state index contributed by atoms with van der Waals surface area (Å²) in [6.45, 7) is 4.27. The Morgan fingerprint density at radius 1 is 1.08 bits per heavy atom. The largest absolute Gasteiger partial charge is 0.361 e. The summed E-state index contributed by atoms with van der Waals surface area (Å²) in [4.78, 5) is 16.8. The molecule has 5 nitrogen and oxygen atoms in total. The Morgan fingerprint density at radius 3 is 2.58 bits per heavy atom. The lowest BCUT2D eigenvalue weighted by Gasteiger charge is -2.06. The van der Waals surface area contributed by atoms with Crippen LogP contribution in [0.5, 0.6) is 0 Å². The number of aryl methyl sites for hydroxylation is 2. The third-order valence-corrected chi connectivity index (χ3v) is 3.81. The van der Waals surface area contributed by atoms with Crippen molar-refractivity contribution < 1.29 is 9.32 Å². The summed E-state index contributed by atoms with van der Waals surface area (Å²) in [6.07, 6.45) is 0.788. The second-order valence-electron chi connectivity index (χ2n) is 5.60. The van der Waals surface area contributed by atoms with Gasteiger partial charge in [0, 0.05) is 6.54 Å². The number of carbonyl (C=O) groups is 1. The van der Waals surface area contributed by atoms with Crippen molar-refractivity contribution in [2.75, 3.05) is 6.54 Å². The zero-order chi connectivity index (χ0) is 16.9. The van der Waals surface area contributed by atoms with Gasteiger partial charge in [-0.15, -0.1) is 0 Å². The molecule has 0 atom stereocenters. The molecule has 0 saturated carbocycles. The number of hydrogen-bond donors (Lipinski definition) is 1. The fraction of sp³-hybridized carbons (Fsp3) is 0.211. The molecule has 0 aliphatic carbocycles. The molecule has 1 aromatic carbocycles. The van der Waals surface area contributed by atoms with Crippen LogP contribution in [0.4, 0.5) is 0 Å². The normalized spacial score (nSPS) is 10.6. The van der Waals surface area contributed by atoms with E-state index in [1.54, 1.807) is 6.07 Å². The van der Waals surface area contributed by atoms with Crippen molar-refractivity contribution in [2.45, 2.75) is 20.3 Å². The van der Waals surface area contributed by atoms with E-state index in [1.165, 1.54) is 5.56 Å². The first kappa shape index (κ1) is 15.9. The van der Waals surface area contributed by atoms with E-state index in [4.69, 9.17) is 4.52 Å². The third-order valence-electron chi connectivity index (χ3n) is 3.81. The van der Waals surface area contributed by atoms with Gasteiger partial charge in [0.25, 0.3) is 5.91 Å². The van der Waals surface area contributed by atoms with Crippen molar-refractivity contribution in [3.63, 3.8) is 0 Å². The average molecular weight is 321 g/mol. The monoisotopic (exact) mass is 321 g/mol. The SMILES string of the molecule is Cc1noc(C)c1-c1cccc(C(=O)NCCc2ccccc2)n1. The van der Waals surface area contributed by atoms with Gasteiger partial charge < -0.3 is 9.84 Å². The van der Waals surface area contributed by atoms with E-state index in [1.807, 2.05) is 56.3 Å². The number of rotatable bonds is 5. The smallest absolute Gasteiger partial charge is 0.269 e. The molecule has 122 valence electrons. The highest BCUT2D eigenvalue weighted by molar-refractivity contribution is 5.92. The van der Waals surface area contributed by atoms with Crippen LogP contribution in [-0.2, 0) is 6.42 Å². The van der Waals surface area contributed by atoms with Gasteiger partial charge in [-0.2, -0.15) is 0 Å². The summed E-state index contributed by atoms with van der Waals surface area (Å²) in [6, 6.07) is 15.4. The molecular weight excluding hydrogens is 302 g/mol. The molecule has 2 aromatic heterocycles. The van der Waals surface area contributed by atoms with E-state index in [2.05, 4.69) is 15.5 Å². The van der Waals surface area contributed by atoms with E-state index in [0.717, 1.165) is 17.7 Å². The number of aromatic nitrogens is 2. The second kappa shape index (κ2) is 7.08. The van der Waals surface area contributed by atoms with Crippen LogP contribution in [0.3, 0.4) is 0 Å². The van der Waals surface area contributed by atoms with Crippen LogP contribution in [-0.4, -0.2) is 22.6 Å². The van der Waals surface area contributed by atoms with Crippen molar-refractivity contribution in [1.29, 1.82) is 0 Å².